The fourth-order valence-corrected chi connectivity index (χ4v) is 3.40. The monoisotopic (exact) mass is 301 g/mol. The second kappa shape index (κ2) is 5.85. The maximum atomic E-state index is 12.0. The quantitative estimate of drug-likeness (QED) is 0.911. The van der Waals surface area contributed by atoms with Gasteiger partial charge >= 0.3 is 6.03 Å². The minimum absolute atomic E-state index is 0.169. The van der Waals surface area contributed by atoms with Crippen LogP contribution in [0.5, 0.6) is 0 Å². The molecule has 110 valence electrons. The number of fused-ring (bicyclic) bond motifs is 1. The highest BCUT2D eigenvalue weighted by molar-refractivity contribution is 7.15. The zero-order valence-electron chi connectivity index (χ0n) is 12.2. The first-order chi connectivity index (χ1) is 10.1. The summed E-state index contributed by atoms with van der Waals surface area (Å²) in [7, 11) is 0. The van der Waals surface area contributed by atoms with Crippen molar-refractivity contribution < 1.29 is 4.79 Å². The summed E-state index contributed by atoms with van der Waals surface area (Å²) >= 11 is 1.53. The predicted molar refractivity (Wildman–Crippen MR) is 86.0 cm³/mol. The Kier molecular flexibility index (Phi) is 3.92. The summed E-state index contributed by atoms with van der Waals surface area (Å²) in [5.74, 6) is 0.436. The largest absolute Gasteiger partial charge is 0.334 e. The Morgan fingerprint density at radius 1 is 1.29 bits per heavy atom. The Morgan fingerprint density at radius 2 is 1.95 bits per heavy atom. The molecule has 1 aliphatic carbocycles. The van der Waals surface area contributed by atoms with Crippen molar-refractivity contribution in [3.8, 4) is 0 Å². The molecule has 0 bridgehead atoms. The number of carbonyl (C=O) groups is 1. The summed E-state index contributed by atoms with van der Waals surface area (Å²) in [5, 5.41) is 6.52. The van der Waals surface area contributed by atoms with Crippen LogP contribution >= 0.6 is 11.3 Å². The molecule has 2 aromatic rings. The van der Waals surface area contributed by atoms with E-state index in [4.69, 9.17) is 0 Å². The molecule has 0 atom stereocenters. The highest BCUT2D eigenvalue weighted by atomic mass is 32.1. The molecular weight excluding hydrogens is 282 g/mol. The highest BCUT2D eigenvalue weighted by Gasteiger charge is 2.22. The third kappa shape index (κ3) is 3.24. The number of rotatable bonds is 3. The summed E-state index contributed by atoms with van der Waals surface area (Å²) in [4.78, 5) is 17.5. The smallest absolute Gasteiger partial charge is 0.321 e. The van der Waals surface area contributed by atoms with Gasteiger partial charge in [0.25, 0.3) is 0 Å². The third-order valence-corrected chi connectivity index (χ3v) is 4.91. The van der Waals surface area contributed by atoms with E-state index in [9.17, 15) is 4.79 Å². The SMILES string of the molecule is CC(C)c1cnc(NC(=O)NC2Cc3ccccc3C2)s1. The molecule has 0 spiro atoms. The highest BCUT2D eigenvalue weighted by Crippen LogP contribution is 2.25. The van der Waals surface area contributed by atoms with Crippen molar-refractivity contribution in [3.63, 3.8) is 0 Å². The van der Waals surface area contributed by atoms with Crippen LogP contribution in [0.25, 0.3) is 0 Å². The van der Waals surface area contributed by atoms with Crippen LogP contribution < -0.4 is 10.6 Å². The van der Waals surface area contributed by atoms with Crippen molar-refractivity contribution in [2.45, 2.75) is 38.6 Å². The summed E-state index contributed by atoms with van der Waals surface area (Å²) in [6, 6.07) is 8.36. The molecule has 0 unspecified atom stereocenters. The molecule has 1 aromatic carbocycles. The lowest BCUT2D eigenvalue weighted by Crippen LogP contribution is -2.38. The van der Waals surface area contributed by atoms with Crippen LogP contribution in [0.3, 0.4) is 0 Å². The fraction of sp³-hybridized carbons (Fsp3) is 0.375. The normalized spacial score (nSPS) is 14.2. The van der Waals surface area contributed by atoms with E-state index in [1.807, 2.05) is 18.3 Å². The molecule has 0 fully saturated rings. The average Bonchev–Trinajstić information content (AvgIpc) is 3.04. The first kappa shape index (κ1) is 14.1. The van der Waals surface area contributed by atoms with Crippen LogP contribution in [0.15, 0.2) is 30.5 Å². The first-order valence-electron chi connectivity index (χ1n) is 7.22. The number of anilines is 1. The van der Waals surface area contributed by atoms with Crippen LogP contribution in [0.2, 0.25) is 0 Å². The Labute approximate surface area is 128 Å². The van der Waals surface area contributed by atoms with Crippen LogP contribution in [-0.4, -0.2) is 17.1 Å². The van der Waals surface area contributed by atoms with Crippen molar-refractivity contribution in [1.29, 1.82) is 0 Å². The summed E-state index contributed by atoms with van der Waals surface area (Å²) in [6.07, 6.45) is 3.63. The van der Waals surface area contributed by atoms with Gasteiger partial charge in [-0.3, -0.25) is 5.32 Å². The van der Waals surface area contributed by atoms with Gasteiger partial charge in [-0.15, -0.1) is 11.3 Å². The Balaban J connectivity index is 1.55. The summed E-state index contributed by atoms with van der Waals surface area (Å²) in [6.45, 7) is 4.24. The lowest BCUT2D eigenvalue weighted by atomic mass is 10.1. The molecule has 0 saturated carbocycles. The summed E-state index contributed by atoms with van der Waals surface area (Å²) < 4.78 is 0. The number of thiazole rings is 1. The molecule has 3 rings (SSSR count). The van der Waals surface area contributed by atoms with Crippen LogP contribution in [0, 0.1) is 0 Å². The molecule has 1 aromatic heterocycles. The zero-order chi connectivity index (χ0) is 14.8. The van der Waals surface area contributed by atoms with Gasteiger partial charge < -0.3 is 5.32 Å². The molecular formula is C16H19N3OS. The molecule has 2 N–H and O–H groups in total. The van der Waals surface area contributed by atoms with Crippen LogP contribution in [0.4, 0.5) is 9.93 Å². The van der Waals surface area contributed by atoms with E-state index in [-0.39, 0.29) is 12.1 Å². The van der Waals surface area contributed by atoms with E-state index in [1.54, 1.807) is 0 Å². The molecule has 0 aliphatic heterocycles. The van der Waals surface area contributed by atoms with E-state index in [0.29, 0.717) is 11.0 Å². The Bertz CT molecular complexity index is 625. The topological polar surface area (TPSA) is 54.0 Å². The number of benzene rings is 1. The molecule has 21 heavy (non-hydrogen) atoms. The number of hydrogen-bond acceptors (Lipinski definition) is 3. The molecule has 2 amide bonds. The predicted octanol–water partition coefficient (Wildman–Crippen LogP) is 3.56. The third-order valence-electron chi connectivity index (χ3n) is 3.70. The number of nitrogens with zero attached hydrogens (tertiary/aromatic N) is 1. The fourth-order valence-electron chi connectivity index (χ4n) is 2.59. The maximum absolute atomic E-state index is 12.0. The van der Waals surface area contributed by atoms with Gasteiger partial charge in [0.05, 0.1) is 0 Å². The van der Waals surface area contributed by atoms with Crippen molar-refractivity contribution in [1.82, 2.24) is 10.3 Å². The van der Waals surface area contributed by atoms with Crippen molar-refractivity contribution in [2.75, 3.05) is 5.32 Å². The van der Waals surface area contributed by atoms with Gasteiger partial charge in [0.1, 0.15) is 0 Å². The number of aromatic nitrogens is 1. The summed E-state index contributed by atoms with van der Waals surface area (Å²) in [5.41, 5.74) is 2.67. The lowest BCUT2D eigenvalue weighted by molar-refractivity contribution is 0.249. The Hall–Kier alpha value is -1.88. The van der Waals surface area contributed by atoms with E-state index in [1.165, 1.54) is 27.3 Å². The van der Waals surface area contributed by atoms with Gasteiger partial charge in [0, 0.05) is 17.1 Å². The van der Waals surface area contributed by atoms with Crippen LogP contribution in [0.1, 0.15) is 35.8 Å². The second-order valence-corrected chi connectivity index (χ2v) is 6.76. The average molecular weight is 301 g/mol. The number of urea groups is 1. The number of amides is 2. The molecule has 0 radical (unpaired) electrons. The Morgan fingerprint density at radius 3 is 2.52 bits per heavy atom. The van der Waals surface area contributed by atoms with Crippen molar-refractivity contribution in [3.05, 3.63) is 46.5 Å². The van der Waals surface area contributed by atoms with Gasteiger partial charge in [-0.25, -0.2) is 9.78 Å². The minimum Gasteiger partial charge on any atom is -0.334 e. The van der Waals surface area contributed by atoms with Gasteiger partial charge in [-0.05, 0) is 29.9 Å². The minimum atomic E-state index is -0.169. The number of carbonyl (C=O) groups excluding carboxylic acids is 1. The van der Waals surface area contributed by atoms with Crippen molar-refractivity contribution in [2.24, 2.45) is 0 Å². The maximum Gasteiger partial charge on any atom is 0.321 e. The molecule has 1 heterocycles. The van der Waals surface area contributed by atoms with E-state index in [0.717, 1.165) is 12.8 Å². The van der Waals surface area contributed by atoms with Crippen LogP contribution in [-0.2, 0) is 12.8 Å². The van der Waals surface area contributed by atoms with E-state index in [2.05, 4.69) is 41.6 Å². The van der Waals surface area contributed by atoms with Gasteiger partial charge in [0.15, 0.2) is 5.13 Å². The van der Waals surface area contributed by atoms with E-state index >= 15 is 0 Å². The second-order valence-electron chi connectivity index (χ2n) is 5.69. The van der Waals surface area contributed by atoms with Crippen molar-refractivity contribution >= 4 is 22.5 Å². The standard InChI is InChI=1S/C16H19N3OS/c1-10(2)14-9-17-16(21-14)19-15(20)18-13-7-11-5-3-4-6-12(11)8-13/h3-6,9-10,13H,7-8H2,1-2H3,(H2,17,18,19,20). The first-order valence-corrected chi connectivity index (χ1v) is 8.03. The van der Waals surface area contributed by atoms with Gasteiger partial charge in [-0.1, -0.05) is 38.1 Å². The van der Waals surface area contributed by atoms with E-state index < -0.39 is 0 Å². The van der Waals surface area contributed by atoms with Gasteiger partial charge in [-0.2, -0.15) is 0 Å². The lowest BCUT2D eigenvalue weighted by Gasteiger charge is -2.11. The number of hydrogen-bond donors (Lipinski definition) is 2. The molecule has 1 aliphatic rings. The molecule has 0 saturated heterocycles. The van der Waals surface area contributed by atoms with Gasteiger partial charge in [0.2, 0.25) is 0 Å². The molecule has 4 nitrogen and oxygen atoms in total. The number of nitrogens with one attached hydrogen (secondary N) is 2. The zero-order valence-corrected chi connectivity index (χ0v) is 13.0. The molecule has 5 heteroatoms.